The minimum Gasteiger partial charge on any atom is -0.497 e. The van der Waals surface area contributed by atoms with Crippen LogP contribution in [-0.2, 0) is 9.53 Å². The number of ketones is 1. The standard InChI is InChI=1S/C17H25NO5/c1-4-13(11-19)18-15(10-16(20)23-5-2)17(21)12-6-8-14(22-3)9-7-12/h6-9,13,15,18-19H,4-5,10-11H2,1-3H3. The van der Waals surface area contributed by atoms with Crippen LogP contribution in [0.2, 0.25) is 0 Å². The number of methoxy groups -OCH3 is 1. The van der Waals surface area contributed by atoms with E-state index in [4.69, 9.17) is 9.47 Å². The number of ether oxygens (including phenoxy) is 2. The first kappa shape index (κ1) is 19.1. The topological polar surface area (TPSA) is 84.9 Å². The van der Waals surface area contributed by atoms with Crippen molar-refractivity contribution in [1.29, 1.82) is 0 Å². The van der Waals surface area contributed by atoms with E-state index < -0.39 is 12.0 Å². The molecule has 2 N–H and O–H groups in total. The van der Waals surface area contributed by atoms with Crippen LogP contribution in [0, 0.1) is 0 Å². The monoisotopic (exact) mass is 323 g/mol. The van der Waals surface area contributed by atoms with Gasteiger partial charge in [-0.2, -0.15) is 0 Å². The van der Waals surface area contributed by atoms with Crippen molar-refractivity contribution in [1.82, 2.24) is 5.32 Å². The van der Waals surface area contributed by atoms with Crippen LogP contribution in [-0.4, -0.2) is 49.3 Å². The summed E-state index contributed by atoms with van der Waals surface area (Å²) in [6, 6.07) is 5.70. The molecule has 0 heterocycles. The Bertz CT molecular complexity index is 496. The van der Waals surface area contributed by atoms with Crippen molar-refractivity contribution >= 4 is 11.8 Å². The maximum absolute atomic E-state index is 12.7. The molecule has 6 heteroatoms. The molecule has 0 spiro atoms. The summed E-state index contributed by atoms with van der Waals surface area (Å²) < 4.78 is 10.0. The van der Waals surface area contributed by atoms with Gasteiger partial charge in [0.25, 0.3) is 0 Å². The van der Waals surface area contributed by atoms with Gasteiger partial charge in [-0.1, -0.05) is 6.92 Å². The first-order chi connectivity index (χ1) is 11.0. The number of aliphatic hydroxyl groups excluding tert-OH is 1. The number of carbonyl (C=O) groups excluding carboxylic acids is 2. The number of nitrogens with one attached hydrogen (secondary N) is 1. The average Bonchev–Trinajstić information content (AvgIpc) is 2.58. The molecule has 1 rings (SSSR count). The molecule has 0 saturated carbocycles. The highest BCUT2D eigenvalue weighted by Gasteiger charge is 2.25. The number of benzene rings is 1. The number of carbonyl (C=O) groups is 2. The highest BCUT2D eigenvalue weighted by atomic mass is 16.5. The van der Waals surface area contributed by atoms with E-state index >= 15 is 0 Å². The molecule has 0 bridgehead atoms. The summed E-state index contributed by atoms with van der Waals surface area (Å²) in [5.74, 6) is -0.00879. The Morgan fingerprint density at radius 2 is 1.87 bits per heavy atom. The molecule has 2 unspecified atom stereocenters. The quantitative estimate of drug-likeness (QED) is 0.502. The molecule has 6 nitrogen and oxygen atoms in total. The van der Waals surface area contributed by atoms with Crippen LogP contribution >= 0.6 is 0 Å². The Hall–Kier alpha value is -1.92. The third kappa shape index (κ3) is 6.00. The molecular formula is C17H25NO5. The number of hydrogen-bond donors (Lipinski definition) is 2. The SMILES string of the molecule is CCOC(=O)CC(NC(CC)CO)C(=O)c1ccc(OC)cc1. The van der Waals surface area contributed by atoms with Gasteiger partial charge in [-0.15, -0.1) is 0 Å². The fourth-order valence-electron chi connectivity index (χ4n) is 2.15. The number of aliphatic hydroxyl groups is 1. The van der Waals surface area contributed by atoms with Crippen molar-refractivity contribution in [2.24, 2.45) is 0 Å². The van der Waals surface area contributed by atoms with E-state index in [1.165, 1.54) is 0 Å². The number of Topliss-reactive ketones (excluding diaryl/α,β-unsaturated/α-hetero) is 1. The molecule has 0 aliphatic carbocycles. The lowest BCUT2D eigenvalue weighted by Crippen LogP contribution is -2.46. The molecule has 128 valence electrons. The van der Waals surface area contributed by atoms with E-state index in [1.54, 1.807) is 38.3 Å². The summed E-state index contributed by atoms with van der Waals surface area (Å²) in [6.45, 7) is 3.77. The zero-order valence-corrected chi connectivity index (χ0v) is 13.9. The van der Waals surface area contributed by atoms with Crippen molar-refractivity contribution in [2.45, 2.75) is 38.8 Å². The van der Waals surface area contributed by atoms with Gasteiger partial charge in [0.2, 0.25) is 0 Å². The van der Waals surface area contributed by atoms with Crippen LogP contribution in [0.1, 0.15) is 37.0 Å². The largest absolute Gasteiger partial charge is 0.497 e. The molecule has 0 radical (unpaired) electrons. The molecule has 0 amide bonds. The minimum absolute atomic E-state index is 0.0742. The zero-order valence-electron chi connectivity index (χ0n) is 13.9. The van der Waals surface area contributed by atoms with Crippen molar-refractivity contribution in [3.8, 4) is 5.75 Å². The van der Waals surface area contributed by atoms with E-state index in [2.05, 4.69) is 5.32 Å². The summed E-state index contributed by atoms with van der Waals surface area (Å²) in [5, 5.41) is 12.4. The number of esters is 1. The van der Waals surface area contributed by atoms with Gasteiger partial charge in [-0.25, -0.2) is 0 Å². The van der Waals surface area contributed by atoms with Crippen molar-refractivity contribution in [2.75, 3.05) is 20.3 Å². The number of rotatable bonds is 10. The van der Waals surface area contributed by atoms with Crippen LogP contribution in [0.25, 0.3) is 0 Å². The van der Waals surface area contributed by atoms with Gasteiger partial charge >= 0.3 is 5.97 Å². The molecule has 2 atom stereocenters. The second-order valence-electron chi connectivity index (χ2n) is 5.11. The average molecular weight is 323 g/mol. The Morgan fingerprint density at radius 1 is 1.22 bits per heavy atom. The van der Waals surface area contributed by atoms with Crippen molar-refractivity contribution in [3.05, 3.63) is 29.8 Å². The molecule has 1 aromatic rings. The predicted molar refractivity (Wildman–Crippen MR) is 86.7 cm³/mol. The third-order valence-corrected chi connectivity index (χ3v) is 3.52. The van der Waals surface area contributed by atoms with Crippen LogP contribution in [0.15, 0.2) is 24.3 Å². The third-order valence-electron chi connectivity index (χ3n) is 3.52. The van der Waals surface area contributed by atoms with E-state index in [0.717, 1.165) is 0 Å². The van der Waals surface area contributed by atoms with Crippen LogP contribution in [0.5, 0.6) is 5.75 Å². The summed E-state index contributed by atoms with van der Waals surface area (Å²) in [4.78, 5) is 24.4. The van der Waals surface area contributed by atoms with Gasteiger partial charge < -0.3 is 19.9 Å². The predicted octanol–water partition coefficient (Wildman–Crippen LogP) is 1.56. The maximum Gasteiger partial charge on any atom is 0.307 e. The summed E-state index contributed by atoms with van der Waals surface area (Å²) >= 11 is 0. The van der Waals surface area contributed by atoms with Crippen LogP contribution in [0.3, 0.4) is 0 Å². The first-order valence-electron chi connectivity index (χ1n) is 7.76. The highest BCUT2D eigenvalue weighted by Crippen LogP contribution is 2.14. The molecule has 23 heavy (non-hydrogen) atoms. The maximum atomic E-state index is 12.7. The molecule has 0 aromatic heterocycles. The van der Waals surface area contributed by atoms with Gasteiger partial charge in [0.15, 0.2) is 5.78 Å². The van der Waals surface area contributed by atoms with Gasteiger partial charge in [0.1, 0.15) is 5.75 Å². The second-order valence-corrected chi connectivity index (χ2v) is 5.11. The molecule has 1 aromatic carbocycles. The number of hydrogen-bond acceptors (Lipinski definition) is 6. The van der Waals surface area contributed by atoms with Crippen LogP contribution in [0.4, 0.5) is 0 Å². The first-order valence-corrected chi connectivity index (χ1v) is 7.76. The Kier molecular flexibility index (Phi) is 8.29. The van der Waals surface area contributed by atoms with E-state index in [9.17, 15) is 14.7 Å². The lowest BCUT2D eigenvalue weighted by Gasteiger charge is -2.22. The van der Waals surface area contributed by atoms with Gasteiger partial charge in [-0.3, -0.25) is 9.59 Å². The Labute approximate surface area is 136 Å². The Balaban J connectivity index is 2.90. The van der Waals surface area contributed by atoms with Gasteiger partial charge in [-0.05, 0) is 37.6 Å². The lowest BCUT2D eigenvalue weighted by molar-refractivity contribution is -0.143. The summed E-state index contributed by atoms with van der Waals surface area (Å²) in [7, 11) is 1.55. The van der Waals surface area contributed by atoms with E-state index in [1.807, 2.05) is 6.92 Å². The normalized spacial score (nSPS) is 13.2. The second kappa shape index (κ2) is 9.97. The smallest absolute Gasteiger partial charge is 0.307 e. The van der Waals surface area contributed by atoms with Crippen molar-refractivity contribution < 1.29 is 24.2 Å². The Morgan fingerprint density at radius 3 is 2.35 bits per heavy atom. The summed E-state index contributed by atoms with van der Waals surface area (Å²) in [6.07, 6.45) is 0.570. The van der Waals surface area contributed by atoms with E-state index in [0.29, 0.717) is 17.7 Å². The minimum atomic E-state index is -0.737. The van der Waals surface area contributed by atoms with Gasteiger partial charge in [0.05, 0.1) is 32.8 Å². The summed E-state index contributed by atoms with van der Waals surface area (Å²) in [5.41, 5.74) is 0.473. The fourth-order valence-corrected chi connectivity index (χ4v) is 2.15. The molecule has 0 fully saturated rings. The lowest BCUT2D eigenvalue weighted by atomic mass is 10.00. The van der Waals surface area contributed by atoms with Crippen LogP contribution < -0.4 is 10.1 Å². The molecule has 0 aliphatic heterocycles. The highest BCUT2D eigenvalue weighted by molar-refractivity contribution is 6.01. The zero-order chi connectivity index (χ0) is 17.2. The fraction of sp³-hybridized carbons (Fsp3) is 0.529. The molecular weight excluding hydrogens is 298 g/mol. The van der Waals surface area contributed by atoms with Gasteiger partial charge in [0, 0.05) is 11.6 Å². The van der Waals surface area contributed by atoms with Crippen molar-refractivity contribution in [3.63, 3.8) is 0 Å². The molecule has 0 saturated heterocycles. The van der Waals surface area contributed by atoms with E-state index in [-0.39, 0.29) is 31.5 Å². The molecule has 0 aliphatic rings.